The molecular formula is C27H32O7. The van der Waals surface area contributed by atoms with Crippen LogP contribution in [0.2, 0.25) is 0 Å². The molecule has 0 amide bonds. The molecule has 3 N–H and O–H groups in total. The fraction of sp³-hybridized carbons (Fsp3) is 0.296. The number of rotatable bonds is 14. The first kappa shape index (κ1) is 26.9. The minimum atomic E-state index is -0.899. The van der Waals surface area contributed by atoms with Crippen LogP contribution in [0.4, 0.5) is 0 Å². The van der Waals surface area contributed by atoms with Crippen LogP contribution in [0.3, 0.4) is 0 Å². The number of esters is 1. The molecule has 0 aromatic heterocycles. The van der Waals surface area contributed by atoms with Gasteiger partial charge in [-0.2, -0.15) is 0 Å². The van der Waals surface area contributed by atoms with Crippen molar-refractivity contribution in [3.8, 4) is 11.5 Å². The number of aliphatic hydroxyl groups is 2. The number of aliphatic hydroxyl groups excluding tert-OH is 2. The van der Waals surface area contributed by atoms with Gasteiger partial charge in [-0.3, -0.25) is 0 Å². The third kappa shape index (κ3) is 8.51. The van der Waals surface area contributed by atoms with E-state index in [1.807, 2.05) is 24.3 Å². The standard InChI is InChI=1S/C27H32O7/c1-4-21(28)12-11-20-7-6-8-25(30)26(20)27(31)34-24(17-22(29)5-2)15-16-33-18-19-9-13-23(32-3)14-10-19/h4-14,21-22,24,28-30H,1-2,15-18H2,3H3/b12-11+/t21?,22-,24+/m1/s1. The molecule has 7 nitrogen and oxygen atoms in total. The van der Waals surface area contributed by atoms with Crippen molar-refractivity contribution in [2.45, 2.75) is 37.8 Å². The largest absolute Gasteiger partial charge is 0.507 e. The fourth-order valence-corrected chi connectivity index (χ4v) is 3.13. The van der Waals surface area contributed by atoms with E-state index >= 15 is 0 Å². The van der Waals surface area contributed by atoms with Crippen LogP contribution in [0.1, 0.15) is 34.3 Å². The third-order valence-electron chi connectivity index (χ3n) is 5.06. The molecule has 0 bridgehead atoms. The van der Waals surface area contributed by atoms with Crippen LogP contribution in [-0.4, -0.2) is 53.3 Å². The number of hydrogen-bond acceptors (Lipinski definition) is 7. The third-order valence-corrected chi connectivity index (χ3v) is 5.06. The molecule has 0 fully saturated rings. The minimum absolute atomic E-state index is 0.0349. The summed E-state index contributed by atoms with van der Waals surface area (Å²) in [6.45, 7) is 7.71. The Kier molecular flexibility index (Phi) is 11.1. The molecule has 0 radical (unpaired) electrons. The number of ether oxygens (including phenoxy) is 3. The van der Waals surface area contributed by atoms with E-state index in [-0.39, 0.29) is 24.3 Å². The second-order valence-corrected chi connectivity index (χ2v) is 7.58. The van der Waals surface area contributed by atoms with E-state index in [2.05, 4.69) is 13.2 Å². The van der Waals surface area contributed by atoms with E-state index in [1.54, 1.807) is 19.2 Å². The molecule has 3 atom stereocenters. The normalized spacial score (nSPS) is 13.7. The van der Waals surface area contributed by atoms with Crippen LogP contribution in [0.15, 0.2) is 73.9 Å². The molecule has 0 aliphatic heterocycles. The number of carbonyl (C=O) groups excluding carboxylic acids is 1. The summed E-state index contributed by atoms with van der Waals surface area (Å²) in [5.41, 5.74) is 1.31. The summed E-state index contributed by atoms with van der Waals surface area (Å²) in [7, 11) is 1.60. The molecule has 2 aromatic rings. The number of aromatic hydroxyl groups is 1. The zero-order chi connectivity index (χ0) is 24.9. The molecule has 34 heavy (non-hydrogen) atoms. The molecule has 0 heterocycles. The Bertz CT molecular complexity index is 965. The molecule has 0 saturated heterocycles. The summed E-state index contributed by atoms with van der Waals surface area (Å²) in [6.07, 6.45) is 3.66. The quantitative estimate of drug-likeness (QED) is 0.218. The van der Waals surface area contributed by atoms with Crippen LogP contribution in [0.5, 0.6) is 11.5 Å². The topological polar surface area (TPSA) is 105 Å². The van der Waals surface area contributed by atoms with Gasteiger partial charge in [0.1, 0.15) is 23.2 Å². The Morgan fingerprint density at radius 1 is 1.09 bits per heavy atom. The number of carbonyl (C=O) groups is 1. The average molecular weight is 469 g/mol. The van der Waals surface area contributed by atoms with Crippen molar-refractivity contribution >= 4 is 12.0 Å². The van der Waals surface area contributed by atoms with Gasteiger partial charge in [0.2, 0.25) is 0 Å². The smallest absolute Gasteiger partial charge is 0.342 e. The van der Waals surface area contributed by atoms with E-state index in [1.165, 1.54) is 30.4 Å². The average Bonchev–Trinajstić information content (AvgIpc) is 2.85. The van der Waals surface area contributed by atoms with Gasteiger partial charge in [-0.25, -0.2) is 4.79 Å². The first-order valence-electron chi connectivity index (χ1n) is 10.9. The molecular weight excluding hydrogens is 436 g/mol. The maximum atomic E-state index is 12.9. The van der Waals surface area contributed by atoms with Crippen molar-refractivity contribution in [3.05, 3.63) is 90.5 Å². The highest BCUT2D eigenvalue weighted by molar-refractivity contribution is 5.96. The first-order valence-corrected chi connectivity index (χ1v) is 10.9. The summed E-state index contributed by atoms with van der Waals surface area (Å²) in [4.78, 5) is 12.9. The van der Waals surface area contributed by atoms with Crippen LogP contribution in [-0.2, 0) is 16.1 Å². The number of benzene rings is 2. The maximum Gasteiger partial charge on any atom is 0.342 e. The summed E-state index contributed by atoms with van der Waals surface area (Å²) in [6, 6.07) is 12.1. The van der Waals surface area contributed by atoms with Crippen molar-refractivity contribution in [2.24, 2.45) is 0 Å². The number of methoxy groups -OCH3 is 1. The zero-order valence-electron chi connectivity index (χ0n) is 19.3. The van der Waals surface area contributed by atoms with Crippen molar-refractivity contribution in [3.63, 3.8) is 0 Å². The highest BCUT2D eigenvalue weighted by Crippen LogP contribution is 2.25. The summed E-state index contributed by atoms with van der Waals surface area (Å²) >= 11 is 0. The van der Waals surface area contributed by atoms with Gasteiger partial charge in [0.25, 0.3) is 0 Å². The van der Waals surface area contributed by atoms with Crippen LogP contribution in [0, 0.1) is 0 Å². The van der Waals surface area contributed by atoms with Gasteiger partial charge in [-0.05, 0) is 29.3 Å². The lowest BCUT2D eigenvalue weighted by Gasteiger charge is -2.20. The molecule has 0 aliphatic rings. The van der Waals surface area contributed by atoms with Crippen molar-refractivity contribution in [1.29, 1.82) is 0 Å². The number of phenolic OH excluding ortho intramolecular Hbond substituents is 1. The molecule has 2 aromatic carbocycles. The highest BCUT2D eigenvalue weighted by Gasteiger charge is 2.22. The predicted octanol–water partition coefficient (Wildman–Crippen LogP) is 4.03. The van der Waals surface area contributed by atoms with E-state index < -0.39 is 24.3 Å². The minimum Gasteiger partial charge on any atom is -0.507 e. The van der Waals surface area contributed by atoms with Gasteiger partial charge >= 0.3 is 5.97 Å². The van der Waals surface area contributed by atoms with Crippen LogP contribution in [0.25, 0.3) is 6.08 Å². The fourth-order valence-electron chi connectivity index (χ4n) is 3.13. The lowest BCUT2D eigenvalue weighted by atomic mass is 10.0. The molecule has 0 aliphatic carbocycles. The van der Waals surface area contributed by atoms with Gasteiger partial charge < -0.3 is 29.5 Å². The number of phenols is 1. The monoisotopic (exact) mass is 468 g/mol. The van der Waals surface area contributed by atoms with Gasteiger partial charge in [-0.15, -0.1) is 13.2 Å². The Morgan fingerprint density at radius 2 is 1.82 bits per heavy atom. The van der Waals surface area contributed by atoms with Crippen molar-refractivity contribution < 1.29 is 34.3 Å². The summed E-state index contributed by atoms with van der Waals surface area (Å²) in [5.74, 6) is -0.243. The van der Waals surface area contributed by atoms with Crippen molar-refractivity contribution in [1.82, 2.24) is 0 Å². The lowest BCUT2D eigenvalue weighted by molar-refractivity contribution is 0.00489. The maximum absolute atomic E-state index is 12.9. The van der Waals surface area contributed by atoms with E-state index in [9.17, 15) is 20.1 Å². The molecule has 0 saturated carbocycles. The molecule has 7 heteroatoms. The lowest BCUT2D eigenvalue weighted by Crippen LogP contribution is -2.25. The summed E-state index contributed by atoms with van der Waals surface area (Å²) in [5, 5.41) is 30.0. The van der Waals surface area contributed by atoms with E-state index in [0.29, 0.717) is 18.6 Å². The summed E-state index contributed by atoms with van der Waals surface area (Å²) < 4.78 is 16.5. The Hall–Kier alpha value is -3.39. The second-order valence-electron chi connectivity index (χ2n) is 7.58. The second kappa shape index (κ2) is 14.0. The van der Waals surface area contributed by atoms with Crippen LogP contribution >= 0.6 is 0 Å². The van der Waals surface area contributed by atoms with E-state index in [0.717, 1.165) is 11.3 Å². The van der Waals surface area contributed by atoms with Gasteiger partial charge in [-0.1, -0.05) is 48.6 Å². The Morgan fingerprint density at radius 3 is 2.47 bits per heavy atom. The number of hydrogen-bond donors (Lipinski definition) is 3. The molecule has 182 valence electrons. The highest BCUT2D eigenvalue weighted by atomic mass is 16.5. The SMILES string of the molecule is C=CC(O)/C=C/c1cccc(O)c1C(=O)O[C@@H](CCOCc1ccc(OC)cc1)C[C@H](O)C=C. The predicted molar refractivity (Wildman–Crippen MR) is 131 cm³/mol. The van der Waals surface area contributed by atoms with Crippen molar-refractivity contribution in [2.75, 3.05) is 13.7 Å². The van der Waals surface area contributed by atoms with E-state index in [4.69, 9.17) is 14.2 Å². The van der Waals surface area contributed by atoms with Gasteiger partial charge in [0, 0.05) is 12.8 Å². The van der Waals surface area contributed by atoms with Gasteiger partial charge in [0.05, 0.1) is 32.5 Å². The van der Waals surface area contributed by atoms with Gasteiger partial charge in [0.15, 0.2) is 0 Å². The Labute approximate surface area is 200 Å². The first-order chi connectivity index (χ1) is 16.4. The molecule has 2 rings (SSSR count). The van der Waals surface area contributed by atoms with Crippen LogP contribution < -0.4 is 4.74 Å². The Balaban J connectivity index is 2.05. The zero-order valence-corrected chi connectivity index (χ0v) is 19.3. The molecule has 0 spiro atoms. The molecule has 1 unspecified atom stereocenters.